The number of hydrogen-bond acceptors (Lipinski definition) is 8. The summed E-state index contributed by atoms with van der Waals surface area (Å²) in [5.74, 6) is -7.20. The number of aromatic nitrogens is 1. The molecule has 10 nitrogen and oxygen atoms in total. The van der Waals surface area contributed by atoms with Gasteiger partial charge in [-0.2, -0.15) is 18.2 Å². The molecule has 2 aromatic heterocycles. The van der Waals surface area contributed by atoms with Gasteiger partial charge in [0.2, 0.25) is 11.8 Å². The highest BCUT2D eigenvalue weighted by atomic mass is 35.5. The van der Waals surface area contributed by atoms with Gasteiger partial charge in [0.25, 0.3) is 11.8 Å². The topological polar surface area (TPSA) is 133 Å². The van der Waals surface area contributed by atoms with E-state index in [2.05, 4.69) is 10.4 Å². The number of fused-ring (bicyclic) bond motifs is 4. The second kappa shape index (κ2) is 13.0. The van der Waals surface area contributed by atoms with E-state index in [9.17, 15) is 32.7 Å². The van der Waals surface area contributed by atoms with Crippen molar-refractivity contribution in [2.24, 2.45) is 23.7 Å². The lowest BCUT2D eigenvalue weighted by Gasteiger charge is -2.49. The molecule has 4 aliphatic rings. The maximum absolute atomic E-state index is 15.2. The number of benzene rings is 2. The smallest absolute Gasteiger partial charge is 0.417 e. The average molecular weight is 800 g/mol. The minimum absolute atomic E-state index is 0.0713. The molecule has 4 amide bonds. The molecule has 3 fully saturated rings. The highest BCUT2D eigenvalue weighted by Gasteiger charge is 2.71. The van der Waals surface area contributed by atoms with E-state index in [0.717, 1.165) is 10.5 Å². The maximum Gasteiger partial charge on any atom is 0.417 e. The molecule has 4 heterocycles. The Kier molecular flexibility index (Phi) is 8.72. The lowest BCUT2D eigenvalue weighted by molar-refractivity contribution is -0.139. The lowest BCUT2D eigenvalue weighted by atomic mass is 9.50. The molecule has 0 unspecified atom stereocenters. The number of aliphatic hydroxyl groups is 1. The van der Waals surface area contributed by atoms with Crippen molar-refractivity contribution in [1.82, 2.24) is 9.99 Å². The van der Waals surface area contributed by atoms with Gasteiger partial charge in [0.1, 0.15) is 23.5 Å². The number of allylic oxidation sites excluding steroid dienone is 2. The number of imide groups is 2. The number of hydrogen-bond donors (Lipinski definition) is 2. The van der Waals surface area contributed by atoms with E-state index >= 15 is 4.79 Å². The first-order valence-corrected chi connectivity index (χ1v) is 18.0. The van der Waals surface area contributed by atoms with Gasteiger partial charge in [-0.15, -0.1) is 0 Å². The number of aliphatic hydroxyl groups excluding tert-OH is 1. The molecule has 0 bridgehead atoms. The first-order chi connectivity index (χ1) is 25.7. The summed E-state index contributed by atoms with van der Waals surface area (Å²) in [6, 6.07) is 15.0. The number of amides is 4. The first-order valence-electron chi connectivity index (χ1n) is 16.8. The van der Waals surface area contributed by atoms with Gasteiger partial charge >= 0.3 is 6.18 Å². The molecule has 6 atom stereocenters. The molecule has 2 N–H and O–H groups in total. The fourth-order valence-corrected chi connectivity index (χ4v) is 9.21. The van der Waals surface area contributed by atoms with E-state index < -0.39 is 82.0 Å². The molecule has 278 valence electrons. The molecule has 8 rings (SSSR count). The number of halogens is 6. The number of hydrazine groups is 1. The molecule has 16 heteroatoms. The van der Waals surface area contributed by atoms with Gasteiger partial charge in [-0.05, 0) is 79.3 Å². The number of nitrogens with one attached hydrogen (secondary N) is 1. The van der Waals surface area contributed by atoms with E-state index in [4.69, 9.17) is 39.2 Å². The van der Waals surface area contributed by atoms with Crippen molar-refractivity contribution < 1.29 is 41.9 Å². The average Bonchev–Trinajstić information content (AvgIpc) is 3.77. The monoisotopic (exact) mass is 798 g/mol. The molecule has 0 spiro atoms. The molecule has 2 saturated heterocycles. The molecule has 1 saturated carbocycles. The van der Waals surface area contributed by atoms with E-state index in [1.54, 1.807) is 55.5 Å². The van der Waals surface area contributed by atoms with Crippen LogP contribution < -0.4 is 10.3 Å². The summed E-state index contributed by atoms with van der Waals surface area (Å²) in [6.45, 7) is 1.32. The van der Waals surface area contributed by atoms with Gasteiger partial charge < -0.3 is 9.52 Å². The molecule has 2 aromatic carbocycles. The number of anilines is 2. The van der Waals surface area contributed by atoms with Crippen LogP contribution in [0.25, 0.3) is 0 Å². The van der Waals surface area contributed by atoms with Crippen LogP contribution in [0.4, 0.5) is 24.7 Å². The Hall–Kier alpha value is -4.69. The zero-order chi connectivity index (χ0) is 38.4. The summed E-state index contributed by atoms with van der Waals surface area (Å²) in [6.07, 6.45) is -2.34. The van der Waals surface area contributed by atoms with Crippen molar-refractivity contribution in [3.8, 4) is 0 Å². The SMILES string of the molecule is Cc1ccc(N2C(=O)[C@H]3[C@H](CC=C4[C@H]3C[C@H]3C(=O)N(Nc5ncc(C(F)(F)F)cc5Cl)C(=O)[C@@]3(c3ccc(Cl)cc3)[C@H]4c3ccc(CO)o3)C2=O)cc1Cl. The number of carbonyl (C=O) groups is 4. The summed E-state index contributed by atoms with van der Waals surface area (Å²) in [5.41, 5.74) is 1.69. The quantitative estimate of drug-likeness (QED) is 0.150. The van der Waals surface area contributed by atoms with Gasteiger partial charge in [0.05, 0.1) is 39.9 Å². The highest BCUT2D eigenvalue weighted by Crippen LogP contribution is 2.64. The third-order valence-corrected chi connectivity index (χ3v) is 12.0. The van der Waals surface area contributed by atoms with E-state index in [1.165, 1.54) is 6.07 Å². The summed E-state index contributed by atoms with van der Waals surface area (Å²) in [5, 5.41) is 10.9. The van der Waals surface area contributed by atoms with Crippen molar-refractivity contribution in [1.29, 1.82) is 0 Å². The molecule has 2 aliphatic carbocycles. The number of furan rings is 1. The number of pyridine rings is 1. The second-order valence-corrected chi connectivity index (χ2v) is 15.1. The van der Waals surface area contributed by atoms with Crippen LogP contribution in [0.2, 0.25) is 15.1 Å². The fraction of sp³-hybridized carbons (Fsp3) is 0.289. The Morgan fingerprint density at radius 1 is 0.944 bits per heavy atom. The lowest BCUT2D eigenvalue weighted by Crippen LogP contribution is -2.53. The Balaban J connectivity index is 1.29. The van der Waals surface area contributed by atoms with Crippen molar-refractivity contribution in [3.63, 3.8) is 0 Å². The first kappa shape index (κ1) is 36.3. The van der Waals surface area contributed by atoms with Crippen LogP contribution in [0.1, 0.15) is 47.0 Å². The van der Waals surface area contributed by atoms with Crippen LogP contribution in [-0.4, -0.2) is 38.7 Å². The normalized spacial score (nSPS) is 26.5. The van der Waals surface area contributed by atoms with Crippen molar-refractivity contribution in [2.45, 2.75) is 43.9 Å². The second-order valence-electron chi connectivity index (χ2n) is 13.8. The van der Waals surface area contributed by atoms with Gasteiger partial charge in [-0.1, -0.05) is 64.7 Å². The molecular formula is C38H28Cl3F3N4O6. The van der Waals surface area contributed by atoms with Crippen LogP contribution >= 0.6 is 34.8 Å². The minimum Gasteiger partial charge on any atom is -0.463 e. The van der Waals surface area contributed by atoms with Gasteiger partial charge in [-0.3, -0.25) is 24.6 Å². The number of alkyl halides is 3. The van der Waals surface area contributed by atoms with Crippen LogP contribution in [-0.2, 0) is 37.4 Å². The zero-order valence-electron chi connectivity index (χ0n) is 28.0. The van der Waals surface area contributed by atoms with Crippen LogP contribution in [0.3, 0.4) is 0 Å². The Morgan fingerprint density at radius 2 is 1.69 bits per heavy atom. The predicted octanol–water partition coefficient (Wildman–Crippen LogP) is 7.64. The van der Waals surface area contributed by atoms with Gasteiger partial charge in [0.15, 0.2) is 5.82 Å². The van der Waals surface area contributed by atoms with Gasteiger partial charge in [-0.25, -0.2) is 9.88 Å². The minimum atomic E-state index is -4.76. The molecular weight excluding hydrogens is 772 g/mol. The van der Waals surface area contributed by atoms with Crippen LogP contribution in [0.5, 0.6) is 0 Å². The summed E-state index contributed by atoms with van der Waals surface area (Å²) < 4.78 is 46.5. The third kappa shape index (κ3) is 5.38. The predicted molar refractivity (Wildman–Crippen MR) is 190 cm³/mol. The van der Waals surface area contributed by atoms with Crippen molar-refractivity contribution in [3.05, 3.63) is 122 Å². The third-order valence-electron chi connectivity index (χ3n) is 11.1. The Labute approximate surface area is 320 Å². The molecule has 0 radical (unpaired) electrons. The number of rotatable bonds is 6. The Bertz CT molecular complexity index is 2300. The van der Waals surface area contributed by atoms with E-state index in [0.29, 0.717) is 44.1 Å². The molecule has 4 aromatic rings. The number of nitrogens with zero attached hydrogens (tertiary/aromatic N) is 3. The van der Waals surface area contributed by atoms with E-state index in [-0.39, 0.29) is 30.2 Å². The summed E-state index contributed by atoms with van der Waals surface area (Å²) in [4.78, 5) is 63.3. The van der Waals surface area contributed by atoms with Crippen molar-refractivity contribution in [2.75, 3.05) is 10.3 Å². The van der Waals surface area contributed by atoms with Crippen LogP contribution in [0, 0.1) is 30.6 Å². The van der Waals surface area contributed by atoms with Crippen LogP contribution in [0.15, 0.2) is 82.9 Å². The highest BCUT2D eigenvalue weighted by molar-refractivity contribution is 6.33. The Morgan fingerprint density at radius 3 is 2.33 bits per heavy atom. The largest absolute Gasteiger partial charge is 0.463 e. The maximum atomic E-state index is 15.2. The standard InChI is InChI=1S/C38H28Cl3F3N4O6/c1-17-2-7-21(13-27(17)40)47-33(50)24-10-9-23-25(30(24)35(47)52)14-26-34(51)48(46-32-28(41)12-19(15-45-32)38(42,43)44)36(53)37(26,18-3-5-20(39)6-4-18)31(23)29-11-8-22(16-49)54-29/h2-9,11-13,15,24-26,30-31,49H,10,14,16H2,1H3,(H,45,46)/t24-,25+,26-,30-,31+,37+/m0/s1. The molecule has 54 heavy (non-hydrogen) atoms. The molecule has 2 aliphatic heterocycles. The zero-order valence-corrected chi connectivity index (χ0v) is 30.3. The number of aryl methyl sites for hydroxylation is 1. The summed E-state index contributed by atoms with van der Waals surface area (Å²) in [7, 11) is 0. The fourth-order valence-electron chi connectivity index (χ4n) is 8.70. The van der Waals surface area contributed by atoms with E-state index in [1.807, 2.05) is 6.08 Å². The number of carbonyl (C=O) groups excluding carboxylic acids is 4. The van der Waals surface area contributed by atoms with Crippen molar-refractivity contribution >= 4 is 69.9 Å². The van der Waals surface area contributed by atoms with Gasteiger partial charge in [0, 0.05) is 16.2 Å². The summed E-state index contributed by atoms with van der Waals surface area (Å²) >= 11 is 18.9.